The van der Waals surface area contributed by atoms with Gasteiger partial charge in [0.05, 0.1) is 22.2 Å². The maximum Gasteiger partial charge on any atom is 0.235 e. The van der Waals surface area contributed by atoms with Crippen LogP contribution in [0.3, 0.4) is 0 Å². The Morgan fingerprint density at radius 2 is 1.12 bits per heavy atom. The van der Waals surface area contributed by atoms with Crippen LogP contribution in [0.5, 0.6) is 0 Å². The second-order valence-corrected chi connectivity index (χ2v) is 13.6. The van der Waals surface area contributed by atoms with E-state index in [1.54, 1.807) is 0 Å². The molecule has 3 aromatic heterocycles. The van der Waals surface area contributed by atoms with Gasteiger partial charge in [0.15, 0.2) is 0 Å². The van der Waals surface area contributed by atoms with Gasteiger partial charge in [-0.15, -0.1) is 11.3 Å². The number of hydrogen-bond donors (Lipinski definition) is 0. The highest BCUT2D eigenvalue weighted by Crippen LogP contribution is 2.43. The summed E-state index contributed by atoms with van der Waals surface area (Å²) in [5.41, 5.74) is 5.18. The van der Waals surface area contributed by atoms with Crippen LogP contribution in [0.2, 0.25) is 0 Å². The van der Waals surface area contributed by atoms with Crippen LogP contribution in [-0.4, -0.2) is 14.5 Å². The van der Waals surface area contributed by atoms with E-state index in [1.807, 2.05) is 11.3 Å². The van der Waals surface area contributed by atoms with Crippen LogP contribution in [0, 0.1) is 0 Å². The van der Waals surface area contributed by atoms with Gasteiger partial charge in [-0.3, -0.25) is 4.57 Å². The minimum absolute atomic E-state index is 0.674. The second-order valence-electron chi connectivity index (χ2n) is 12.6. The molecule has 0 aliphatic heterocycles. The second kappa shape index (κ2) is 9.71. The number of hydrogen-bond acceptors (Lipinski definition) is 3. The van der Waals surface area contributed by atoms with Crippen molar-refractivity contribution in [2.24, 2.45) is 0 Å². The first-order valence-electron chi connectivity index (χ1n) is 16.3. The molecule has 11 aromatic rings. The van der Waals surface area contributed by atoms with Gasteiger partial charge in [-0.1, -0.05) is 115 Å². The van der Waals surface area contributed by atoms with Gasteiger partial charge in [-0.05, 0) is 68.7 Å². The van der Waals surface area contributed by atoms with E-state index < -0.39 is 0 Å². The maximum absolute atomic E-state index is 5.53. The summed E-state index contributed by atoms with van der Waals surface area (Å²) in [6, 6.07) is 54.7. The zero-order valence-electron chi connectivity index (χ0n) is 25.7. The minimum atomic E-state index is 0.674. The topological polar surface area (TPSA) is 30.7 Å². The number of benzene rings is 8. The normalized spacial score (nSPS) is 12.2. The Morgan fingerprint density at radius 1 is 0.417 bits per heavy atom. The fourth-order valence-electron chi connectivity index (χ4n) is 7.84. The first-order valence-corrected chi connectivity index (χ1v) is 17.1. The lowest BCUT2D eigenvalue weighted by Gasteiger charge is -2.15. The third kappa shape index (κ3) is 3.58. The van der Waals surface area contributed by atoms with Crippen molar-refractivity contribution >= 4 is 96.5 Å². The van der Waals surface area contributed by atoms with E-state index in [-0.39, 0.29) is 0 Å². The molecule has 0 fully saturated rings. The first kappa shape index (κ1) is 26.0. The van der Waals surface area contributed by atoms with E-state index in [9.17, 15) is 0 Å². The van der Waals surface area contributed by atoms with E-state index in [0.717, 1.165) is 38.6 Å². The van der Waals surface area contributed by atoms with Crippen LogP contribution in [0.4, 0.5) is 0 Å². The first-order chi connectivity index (χ1) is 23.8. The van der Waals surface area contributed by atoms with Crippen LogP contribution in [0.1, 0.15) is 0 Å². The summed E-state index contributed by atoms with van der Waals surface area (Å²) in [4.78, 5) is 10.9. The lowest BCUT2D eigenvalue weighted by molar-refractivity contribution is 1.02. The van der Waals surface area contributed by atoms with Gasteiger partial charge in [0, 0.05) is 41.9 Å². The Kier molecular flexibility index (Phi) is 5.26. The van der Waals surface area contributed by atoms with Gasteiger partial charge in [0.25, 0.3) is 0 Å². The summed E-state index contributed by atoms with van der Waals surface area (Å²) in [5, 5.41) is 13.3. The molecule has 0 aliphatic carbocycles. The third-order valence-electron chi connectivity index (χ3n) is 9.97. The predicted molar refractivity (Wildman–Crippen MR) is 205 cm³/mol. The fourth-order valence-corrected chi connectivity index (χ4v) is 8.97. The standard InChI is InChI=1S/C44H25N3S/c1-3-13-29-26(10-1)12-9-17-32(29)43-42-30-14-4-2-11-27(30)20-22-36(42)45-44(46-43)47-37-18-7-5-15-31(37)35-25-34-28(24-38(35)47)21-23-40-41(34)33-16-6-8-19-39(33)48-40/h1-25H. The molecule has 0 N–H and O–H groups in total. The molecular formula is C44H25N3S. The van der Waals surface area contributed by atoms with Crippen LogP contribution >= 0.6 is 11.3 Å². The highest BCUT2D eigenvalue weighted by molar-refractivity contribution is 7.26. The molecule has 0 saturated heterocycles. The third-order valence-corrected chi connectivity index (χ3v) is 11.1. The number of aromatic nitrogens is 3. The Balaban J connectivity index is 1.28. The molecule has 8 aromatic carbocycles. The van der Waals surface area contributed by atoms with Crippen molar-refractivity contribution in [3.63, 3.8) is 0 Å². The molecule has 0 radical (unpaired) electrons. The number of fused-ring (bicyclic) bond motifs is 12. The van der Waals surface area contributed by atoms with Crippen LogP contribution in [0.15, 0.2) is 152 Å². The highest BCUT2D eigenvalue weighted by atomic mass is 32.1. The van der Waals surface area contributed by atoms with E-state index in [4.69, 9.17) is 9.97 Å². The number of nitrogens with zero attached hydrogens (tertiary/aromatic N) is 3. The number of para-hydroxylation sites is 1. The number of rotatable bonds is 2. The minimum Gasteiger partial charge on any atom is -0.278 e. The van der Waals surface area contributed by atoms with E-state index in [1.165, 1.54) is 57.9 Å². The lowest BCUT2D eigenvalue weighted by Crippen LogP contribution is -2.04. The SMILES string of the molecule is c1ccc2c(-c3nc(-n4c5ccccc5c5cc6c(ccc7sc8ccccc8c76)cc54)nc4ccc5ccccc5c34)cccc2c1. The van der Waals surface area contributed by atoms with Gasteiger partial charge >= 0.3 is 0 Å². The van der Waals surface area contributed by atoms with Crippen molar-refractivity contribution in [3.05, 3.63) is 152 Å². The molecule has 4 heteroatoms. The van der Waals surface area contributed by atoms with Gasteiger partial charge in [-0.25, -0.2) is 9.97 Å². The van der Waals surface area contributed by atoms with E-state index in [2.05, 4.69) is 156 Å². The van der Waals surface area contributed by atoms with Crippen molar-refractivity contribution in [3.8, 4) is 17.2 Å². The molecule has 0 spiro atoms. The molecular weight excluding hydrogens is 603 g/mol. The summed E-state index contributed by atoms with van der Waals surface area (Å²) >= 11 is 1.86. The summed E-state index contributed by atoms with van der Waals surface area (Å²) in [6.45, 7) is 0. The van der Waals surface area contributed by atoms with Crippen molar-refractivity contribution < 1.29 is 0 Å². The average molecular weight is 628 g/mol. The van der Waals surface area contributed by atoms with Gasteiger partial charge in [0.2, 0.25) is 5.95 Å². The van der Waals surface area contributed by atoms with Crippen molar-refractivity contribution in [2.75, 3.05) is 0 Å². The molecule has 0 aliphatic rings. The molecule has 0 saturated carbocycles. The van der Waals surface area contributed by atoms with Crippen molar-refractivity contribution in [1.29, 1.82) is 0 Å². The Bertz CT molecular complexity index is 3120. The van der Waals surface area contributed by atoms with Gasteiger partial charge < -0.3 is 0 Å². The molecule has 3 nitrogen and oxygen atoms in total. The quantitative estimate of drug-likeness (QED) is 0.179. The monoisotopic (exact) mass is 627 g/mol. The van der Waals surface area contributed by atoms with E-state index in [0.29, 0.717) is 5.95 Å². The van der Waals surface area contributed by atoms with Crippen LogP contribution < -0.4 is 0 Å². The number of thiophene rings is 1. The van der Waals surface area contributed by atoms with Crippen LogP contribution in [-0.2, 0) is 0 Å². The molecule has 3 heterocycles. The Labute approximate surface area is 278 Å². The molecule has 0 bridgehead atoms. The Morgan fingerprint density at radius 3 is 2.02 bits per heavy atom. The molecule has 0 unspecified atom stereocenters. The smallest absolute Gasteiger partial charge is 0.235 e. The zero-order chi connectivity index (χ0) is 31.3. The molecule has 0 amide bonds. The molecule has 11 rings (SSSR count). The lowest BCUT2D eigenvalue weighted by atomic mass is 9.96. The van der Waals surface area contributed by atoms with Crippen molar-refractivity contribution in [2.45, 2.75) is 0 Å². The van der Waals surface area contributed by atoms with Crippen molar-refractivity contribution in [1.82, 2.24) is 14.5 Å². The highest BCUT2D eigenvalue weighted by Gasteiger charge is 2.20. The van der Waals surface area contributed by atoms with E-state index >= 15 is 0 Å². The predicted octanol–water partition coefficient (Wildman–Crippen LogP) is 12.2. The summed E-state index contributed by atoms with van der Waals surface area (Å²) in [5.74, 6) is 0.674. The largest absolute Gasteiger partial charge is 0.278 e. The van der Waals surface area contributed by atoms with Gasteiger partial charge in [-0.2, -0.15) is 0 Å². The average Bonchev–Trinajstić information content (AvgIpc) is 3.69. The molecule has 0 atom stereocenters. The van der Waals surface area contributed by atoms with Crippen LogP contribution in [0.25, 0.3) is 102 Å². The Hall–Kier alpha value is -6.10. The zero-order valence-corrected chi connectivity index (χ0v) is 26.5. The molecule has 222 valence electrons. The molecule has 48 heavy (non-hydrogen) atoms. The summed E-state index contributed by atoms with van der Waals surface area (Å²) in [7, 11) is 0. The maximum atomic E-state index is 5.53. The van der Waals surface area contributed by atoms with Gasteiger partial charge in [0.1, 0.15) is 0 Å². The fraction of sp³-hybridized carbons (Fsp3) is 0. The summed E-state index contributed by atoms with van der Waals surface area (Å²) in [6.07, 6.45) is 0. The summed E-state index contributed by atoms with van der Waals surface area (Å²) < 4.78 is 4.90.